The van der Waals surface area contributed by atoms with Crippen LogP contribution in [0.2, 0.25) is 0 Å². The predicted octanol–water partition coefficient (Wildman–Crippen LogP) is 2.46. The van der Waals surface area contributed by atoms with Gasteiger partial charge in [0.05, 0.1) is 0 Å². The lowest BCUT2D eigenvalue weighted by Crippen LogP contribution is -2.01. The molecule has 0 unspecified atom stereocenters. The number of fused-ring (bicyclic) bond motifs is 1. The number of nitrogens with zero attached hydrogens (tertiary/aromatic N) is 3. The molecule has 0 saturated carbocycles. The lowest BCUT2D eigenvalue weighted by molar-refractivity contribution is 1.19. The Hall–Kier alpha value is -2.80. The molecule has 0 aliphatic rings. The Morgan fingerprint density at radius 2 is 2.00 bits per heavy atom. The first-order chi connectivity index (χ1) is 8.81. The number of anilines is 1. The maximum absolute atomic E-state index is 9.29. The molecule has 0 spiro atoms. The molecule has 0 atom stereocenters. The zero-order valence-electron chi connectivity index (χ0n) is 9.54. The van der Waals surface area contributed by atoms with Crippen LogP contribution >= 0.6 is 0 Å². The van der Waals surface area contributed by atoms with Crippen LogP contribution in [0.25, 0.3) is 16.8 Å². The topological polar surface area (TPSA) is 67.1 Å². The van der Waals surface area contributed by atoms with Crippen LogP contribution in [0.4, 0.5) is 5.82 Å². The fraction of sp³-hybridized carbons (Fsp3) is 0. The normalized spacial score (nSPS) is 10.4. The largest absolute Gasteiger partial charge is 0.384 e. The molecule has 2 N–H and O–H groups in total. The second kappa shape index (κ2) is 3.90. The van der Waals surface area contributed by atoms with E-state index >= 15 is 0 Å². The highest BCUT2D eigenvalue weighted by Gasteiger charge is 2.12. The highest BCUT2D eigenvalue weighted by molar-refractivity contribution is 5.79. The van der Waals surface area contributed by atoms with Gasteiger partial charge in [0.25, 0.3) is 0 Å². The number of hydrogen-bond acceptors (Lipinski definition) is 3. The van der Waals surface area contributed by atoms with Crippen molar-refractivity contribution in [2.24, 2.45) is 0 Å². The average molecular weight is 234 g/mol. The van der Waals surface area contributed by atoms with Crippen molar-refractivity contribution in [1.29, 1.82) is 5.26 Å². The van der Waals surface area contributed by atoms with Gasteiger partial charge >= 0.3 is 0 Å². The molecule has 3 aromatic rings. The molecule has 0 aliphatic heterocycles. The van der Waals surface area contributed by atoms with E-state index < -0.39 is 0 Å². The highest BCUT2D eigenvalue weighted by atomic mass is 15.0. The Labute approximate surface area is 104 Å². The minimum atomic E-state index is 0.423. The van der Waals surface area contributed by atoms with E-state index in [1.807, 2.05) is 36.4 Å². The van der Waals surface area contributed by atoms with Crippen molar-refractivity contribution in [3.8, 4) is 17.2 Å². The number of aromatic nitrogens is 2. The van der Waals surface area contributed by atoms with Gasteiger partial charge in [0, 0.05) is 18.0 Å². The van der Waals surface area contributed by atoms with E-state index in [1.165, 1.54) is 0 Å². The third-order valence-electron chi connectivity index (χ3n) is 2.92. The summed E-state index contributed by atoms with van der Waals surface area (Å²) in [4.78, 5) is 4.21. The number of benzene rings is 1. The zero-order chi connectivity index (χ0) is 12.5. The van der Waals surface area contributed by atoms with Gasteiger partial charge in [0.2, 0.25) is 0 Å². The SMILES string of the molecule is N#Cc1c(-c2ccccc2)cc2nccn2c1N. The maximum Gasteiger partial charge on any atom is 0.138 e. The number of pyridine rings is 1. The van der Waals surface area contributed by atoms with Crippen LogP contribution in [0.1, 0.15) is 5.56 Å². The second-order valence-electron chi connectivity index (χ2n) is 3.95. The van der Waals surface area contributed by atoms with Crippen molar-refractivity contribution in [2.45, 2.75) is 0 Å². The van der Waals surface area contributed by atoms with Gasteiger partial charge in [-0.15, -0.1) is 0 Å². The molecule has 4 heteroatoms. The molecule has 2 aromatic heterocycles. The smallest absolute Gasteiger partial charge is 0.138 e. The molecule has 0 bridgehead atoms. The molecule has 1 aromatic carbocycles. The summed E-state index contributed by atoms with van der Waals surface area (Å²) >= 11 is 0. The molecule has 86 valence electrons. The maximum atomic E-state index is 9.29. The van der Waals surface area contributed by atoms with Crippen LogP contribution in [0.3, 0.4) is 0 Å². The summed E-state index contributed by atoms with van der Waals surface area (Å²) in [6.07, 6.45) is 3.42. The first kappa shape index (κ1) is 10.4. The number of hydrogen-bond donors (Lipinski definition) is 1. The molecule has 0 aliphatic carbocycles. The van der Waals surface area contributed by atoms with Gasteiger partial charge < -0.3 is 5.73 Å². The number of nitrogen functional groups attached to an aromatic ring is 1. The molecule has 4 nitrogen and oxygen atoms in total. The highest BCUT2D eigenvalue weighted by Crippen LogP contribution is 2.28. The summed E-state index contributed by atoms with van der Waals surface area (Å²) in [5.41, 5.74) is 9.01. The van der Waals surface area contributed by atoms with Gasteiger partial charge in [-0.05, 0) is 11.6 Å². The molecule has 0 radical (unpaired) electrons. The summed E-state index contributed by atoms with van der Waals surface area (Å²) < 4.78 is 1.71. The molecule has 2 heterocycles. The van der Waals surface area contributed by atoms with Crippen molar-refractivity contribution in [2.75, 3.05) is 5.73 Å². The minimum absolute atomic E-state index is 0.423. The summed E-state index contributed by atoms with van der Waals surface area (Å²) in [6.45, 7) is 0. The van der Waals surface area contributed by atoms with E-state index in [9.17, 15) is 5.26 Å². The monoisotopic (exact) mass is 234 g/mol. The molecule has 18 heavy (non-hydrogen) atoms. The Balaban J connectivity index is 2.39. The van der Waals surface area contributed by atoms with Crippen LogP contribution < -0.4 is 5.73 Å². The van der Waals surface area contributed by atoms with E-state index in [0.717, 1.165) is 16.8 Å². The van der Waals surface area contributed by atoms with Crippen molar-refractivity contribution in [1.82, 2.24) is 9.38 Å². The second-order valence-corrected chi connectivity index (χ2v) is 3.95. The number of nitrogens with two attached hydrogens (primary N) is 1. The van der Waals surface area contributed by atoms with Crippen LogP contribution in [0, 0.1) is 11.3 Å². The molecular weight excluding hydrogens is 224 g/mol. The quantitative estimate of drug-likeness (QED) is 0.703. The zero-order valence-corrected chi connectivity index (χ0v) is 9.54. The lowest BCUT2D eigenvalue weighted by Gasteiger charge is -2.09. The van der Waals surface area contributed by atoms with E-state index in [4.69, 9.17) is 5.73 Å². The van der Waals surface area contributed by atoms with Gasteiger partial charge in [-0.25, -0.2) is 4.98 Å². The third-order valence-corrected chi connectivity index (χ3v) is 2.92. The van der Waals surface area contributed by atoms with E-state index in [-0.39, 0.29) is 0 Å². The van der Waals surface area contributed by atoms with Crippen LogP contribution in [-0.2, 0) is 0 Å². The van der Waals surface area contributed by atoms with Gasteiger partial charge in [0.15, 0.2) is 0 Å². The molecule has 0 saturated heterocycles. The van der Waals surface area contributed by atoms with E-state index in [1.54, 1.807) is 16.8 Å². The predicted molar refractivity (Wildman–Crippen MR) is 69.8 cm³/mol. The first-order valence-electron chi connectivity index (χ1n) is 5.52. The lowest BCUT2D eigenvalue weighted by atomic mass is 10.0. The van der Waals surface area contributed by atoms with Gasteiger partial charge in [0.1, 0.15) is 23.1 Å². The molecular formula is C14H10N4. The first-order valence-corrected chi connectivity index (χ1v) is 5.52. The van der Waals surface area contributed by atoms with Crippen molar-refractivity contribution >= 4 is 11.5 Å². The Kier molecular flexibility index (Phi) is 2.24. The standard InChI is InChI=1S/C14H10N4/c15-9-12-11(10-4-2-1-3-5-10)8-13-17-6-7-18(13)14(12)16/h1-8H,16H2. The Morgan fingerprint density at radius 1 is 1.22 bits per heavy atom. The Morgan fingerprint density at radius 3 is 2.72 bits per heavy atom. The van der Waals surface area contributed by atoms with E-state index in [2.05, 4.69) is 11.1 Å². The van der Waals surface area contributed by atoms with Crippen LogP contribution in [-0.4, -0.2) is 9.38 Å². The number of rotatable bonds is 1. The van der Waals surface area contributed by atoms with Gasteiger partial charge in [-0.1, -0.05) is 30.3 Å². The fourth-order valence-corrected chi connectivity index (χ4v) is 2.05. The third kappa shape index (κ3) is 1.42. The van der Waals surface area contributed by atoms with Gasteiger partial charge in [-0.3, -0.25) is 4.40 Å². The summed E-state index contributed by atoms with van der Waals surface area (Å²) in [5.74, 6) is 0.423. The number of imidazole rings is 1. The van der Waals surface area contributed by atoms with Crippen molar-refractivity contribution in [3.05, 3.63) is 54.4 Å². The molecule has 0 amide bonds. The summed E-state index contributed by atoms with van der Waals surface area (Å²) in [6, 6.07) is 13.8. The van der Waals surface area contributed by atoms with Crippen LogP contribution in [0.15, 0.2) is 48.8 Å². The van der Waals surface area contributed by atoms with Gasteiger partial charge in [-0.2, -0.15) is 5.26 Å². The number of nitriles is 1. The molecule has 3 rings (SSSR count). The average Bonchev–Trinajstić information content (AvgIpc) is 2.88. The van der Waals surface area contributed by atoms with Crippen LogP contribution in [0.5, 0.6) is 0 Å². The summed E-state index contributed by atoms with van der Waals surface area (Å²) in [5, 5.41) is 9.29. The Bertz CT molecular complexity index is 751. The summed E-state index contributed by atoms with van der Waals surface area (Å²) in [7, 11) is 0. The molecule has 0 fully saturated rings. The van der Waals surface area contributed by atoms with Crippen molar-refractivity contribution in [3.63, 3.8) is 0 Å². The van der Waals surface area contributed by atoms with Crippen molar-refractivity contribution < 1.29 is 0 Å². The van der Waals surface area contributed by atoms with E-state index in [0.29, 0.717) is 11.4 Å². The fourth-order valence-electron chi connectivity index (χ4n) is 2.05. The minimum Gasteiger partial charge on any atom is -0.384 e.